The van der Waals surface area contributed by atoms with Gasteiger partial charge < -0.3 is 10.1 Å². The van der Waals surface area contributed by atoms with Crippen molar-refractivity contribution >= 4 is 22.6 Å². The average molecular weight is 273 g/mol. The van der Waals surface area contributed by atoms with Gasteiger partial charge in [0.1, 0.15) is 5.75 Å². The number of hydrogen-bond donors (Lipinski definition) is 3. The van der Waals surface area contributed by atoms with Gasteiger partial charge in [-0.15, -0.1) is 0 Å². The fourth-order valence-corrected chi connectivity index (χ4v) is 1.69. The molecule has 0 heterocycles. The van der Waals surface area contributed by atoms with Crippen molar-refractivity contribution in [3.05, 3.63) is 42.5 Å². The van der Waals surface area contributed by atoms with Crippen LogP contribution in [0.2, 0.25) is 0 Å². The topological polar surface area (TPSA) is 93.5 Å². The van der Waals surface area contributed by atoms with Crippen LogP contribution in [-0.4, -0.2) is 25.0 Å². The van der Waals surface area contributed by atoms with E-state index in [1.54, 1.807) is 6.07 Å². The predicted molar refractivity (Wildman–Crippen MR) is 74.8 cm³/mol. The average Bonchev–Trinajstić information content (AvgIpc) is 2.50. The Hall–Kier alpha value is -2.60. The van der Waals surface area contributed by atoms with Crippen LogP contribution in [0.4, 0.5) is 0 Å². The molecule has 4 N–H and O–H groups in total. The Morgan fingerprint density at radius 2 is 1.80 bits per heavy atom. The number of hydrogen-bond acceptors (Lipinski definition) is 4. The van der Waals surface area contributed by atoms with Gasteiger partial charge in [-0.25, -0.2) is 5.84 Å². The number of nitrogens with two attached hydrogens (primary N) is 1. The lowest BCUT2D eigenvalue weighted by Crippen LogP contribution is -2.41. The lowest BCUT2D eigenvalue weighted by atomic mass is 10.1. The third-order valence-electron chi connectivity index (χ3n) is 2.70. The predicted octanol–water partition coefficient (Wildman–Crippen LogP) is 0.325. The van der Waals surface area contributed by atoms with E-state index < -0.39 is 5.91 Å². The fourth-order valence-electron chi connectivity index (χ4n) is 1.69. The molecule has 2 amide bonds. The second-order valence-corrected chi connectivity index (χ2v) is 4.14. The van der Waals surface area contributed by atoms with Crippen molar-refractivity contribution in [1.82, 2.24) is 10.7 Å². The van der Waals surface area contributed by atoms with Crippen molar-refractivity contribution in [3.63, 3.8) is 0 Å². The second kappa shape index (κ2) is 6.53. The van der Waals surface area contributed by atoms with Gasteiger partial charge in [-0.1, -0.05) is 30.3 Å². The van der Waals surface area contributed by atoms with E-state index in [2.05, 4.69) is 5.32 Å². The third kappa shape index (κ3) is 3.69. The van der Waals surface area contributed by atoms with E-state index in [1.807, 2.05) is 41.8 Å². The minimum Gasteiger partial charge on any atom is -0.484 e. The summed E-state index contributed by atoms with van der Waals surface area (Å²) in [6.45, 7) is -0.327. The molecule has 0 atom stereocenters. The molecule has 2 aromatic rings. The van der Waals surface area contributed by atoms with Gasteiger partial charge >= 0.3 is 0 Å². The summed E-state index contributed by atoms with van der Waals surface area (Å²) < 4.78 is 5.37. The quantitative estimate of drug-likeness (QED) is 0.415. The fraction of sp³-hybridized carbons (Fsp3) is 0.143. The van der Waals surface area contributed by atoms with Crippen molar-refractivity contribution in [2.45, 2.75) is 0 Å². The smallest absolute Gasteiger partial charge is 0.258 e. The number of fused-ring (bicyclic) bond motifs is 1. The Morgan fingerprint density at radius 1 is 1.05 bits per heavy atom. The van der Waals surface area contributed by atoms with Crippen molar-refractivity contribution in [3.8, 4) is 5.75 Å². The highest BCUT2D eigenvalue weighted by Crippen LogP contribution is 2.20. The van der Waals surface area contributed by atoms with Crippen LogP contribution in [0.1, 0.15) is 0 Å². The van der Waals surface area contributed by atoms with Crippen LogP contribution in [0, 0.1) is 0 Å². The maximum absolute atomic E-state index is 11.4. The zero-order valence-electron chi connectivity index (χ0n) is 10.8. The minimum atomic E-state index is -0.468. The first kappa shape index (κ1) is 13.8. The number of amides is 2. The molecule has 0 aromatic heterocycles. The number of hydrazine groups is 1. The van der Waals surface area contributed by atoms with E-state index in [1.165, 1.54) is 0 Å². The van der Waals surface area contributed by atoms with Gasteiger partial charge in [0, 0.05) is 0 Å². The number of benzene rings is 2. The van der Waals surface area contributed by atoms with E-state index in [-0.39, 0.29) is 19.1 Å². The molecule has 6 heteroatoms. The van der Waals surface area contributed by atoms with E-state index in [9.17, 15) is 9.59 Å². The van der Waals surface area contributed by atoms with Gasteiger partial charge in [0.25, 0.3) is 11.8 Å². The number of carbonyl (C=O) groups is 2. The Bertz CT molecular complexity index is 628. The summed E-state index contributed by atoms with van der Waals surface area (Å²) >= 11 is 0. The van der Waals surface area contributed by atoms with E-state index in [0.29, 0.717) is 5.75 Å². The van der Waals surface area contributed by atoms with Crippen LogP contribution in [-0.2, 0) is 9.59 Å². The van der Waals surface area contributed by atoms with E-state index >= 15 is 0 Å². The standard InChI is InChI=1S/C14H15N3O3/c15-17-13(18)8-16-14(19)9-20-12-6-5-10-3-1-2-4-11(10)7-12/h1-7H,8-9,15H2,(H,16,19)(H,17,18). The summed E-state index contributed by atoms with van der Waals surface area (Å²) in [7, 11) is 0. The van der Waals surface area contributed by atoms with Crippen LogP contribution in [0.5, 0.6) is 5.75 Å². The first-order valence-electron chi connectivity index (χ1n) is 6.07. The molecule has 0 unspecified atom stereocenters. The molecule has 0 saturated heterocycles. The third-order valence-corrected chi connectivity index (χ3v) is 2.70. The van der Waals surface area contributed by atoms with Gasteiger partial charge in [0.15, 0.2) is 6.61 Å². The Morgan fingerprint density at radius 3 is 2.55 bits per heavy atom. The molecule has 6 nitrogen and oxygen atoms in total. The van der Waals surface area contributed by atoms with E-state index in [4.69, 9.17) is 10.6 Å². The van der Waals surface area contributed by atoms with E-state index in [0.717, 1.165) is 10.8 Å². The van der Waals surface area contributed by atoms with Crippen LogP contribution in [0.15, 0.2) is 42.5 Å². The number of rotatable bonds is 5. The molecule has 2 rings (SSSR count). The molecule has 20 heavy (non-hydrogen) atoms. The molecule has 0 aliphatic carbocycles. The number of nitrogens with one attached hydrogen (secondary N) is 2. The molecular weight excluding hydrogens is 258 g/mol. The van der Waals surface area contributed by atoms with Gasteiger partial charge in [-0.3, -0.25) is 15.0 Å². The van der Waals surface area contributed by atoms with Crippen molar-refractivity contribution < 1.29 is 14.3 Å². The zero-order chi connectivity index (χ0) is 14.4. The summed E-state index contributed by atoms with van der Waals surface area (Å²) in [5.74, 6) is 4.64. The molecule has 0 bridgehead atoms. The van der Waals surface area contributed by atoms with Gasteiger partial charge in [0.05, 0.1) is 6.54 Å². The molecule has 0 radical (unpaired) electrons. The first-order chi connectivity index (χ1) is 9.69. The van der Waals surface area contributed by atoms with Gasteiger partial charge in [-0.05, 0) is 22.9 Å². The summed E-state index contributed by atoms with van der Waals surface area (Å²) in [6, 6.07) is 13.4. The molecular formula is C14H15N3O3. The highest BCUT2D eigenvalue weighted by Gasteiger charge is 2.05. The van der Waals surface area contributed by atoms with Crippen LogP contribution < -0.4 is 21.3 Å². The molecule has 0 saturated carbocycles. The molecule has 0 spiro atoms. The number of ether oxygens (including phenoxy) is 1. The zero-order valence-corrected chi connectivity index (χ0v) is 10.8. The number of carbonyl (C=O) groups excluding carboxylic acids is 2. The van der Waals surface area contributed by atoms with Crippen LogP contribution >= 0.6 is 0 Å². The summed E-state index contributed by atoms with van der Waals surface area (Å²) in [6.07, 6.45) is 0. The second-order valence-electron chi connectivity index (χ2n) is 4.14. The van der Waals surface area contributed by atoms with Crippen molar-refractivity contribution in [2.75, 3.05) is 13.2 Å². The summed E-state index contributed by atoms with van der Waals surface area (Å²) in [5.41, 5.74) is 1.92. The van der Waals surface area contributed by atoms with Crippen molar-refractivity contribution in [2.24, 2.45) is 5.84 Å². The maximum atomic E-state index is 11.4. The van der Waals surface area contributed by atoms with Crippen molar-refractivity contribution in [1.29, 1.82) is 0 Å². The highest BCUT2D eigenvalue weighted by molar-refractivity contribution is 5.85. The maximum Gasteiger partial charge on any atom is 0.258 e. The summed E-state index contributed by atoms with van der Waals surface area (Å²) in [4.78, 5) is 22.3. The lowest BCUT2D eigenvalue weighted by Gasteiger charge is -2.07. The Labute approximate surface area is 115 Å². The SMILES string of the molecule is NNC(=O)CNC(=O)COc1ccc2ccccc2c1. The molecule has 0 aliphatic heterocycles. The summed E-state index contributed by atoms with van der Waals surface area (Å²) in [5, 5.41) is 4.52. The molecule has 104 valence electrons. The van der Waals surface area contributed by atoms with Gasteiger partial charge in [0.2, 0.25) is 0 Å². The Kier molecular flexibility index (Phi) is 4.52. The Balaban J connectivity index is 1.89. The molecule has 2 aromatic carbocycles. The monoisotopic (exact) mass is 273 g/mol. The van der Waals surface area contributed by atoms with Crippen LogP contribution in [0.25, 0.3) is 10.8 Å². The largest absolute Gasteiger partial charge is 0.484 e. The van der Waals surface area contributed by atoms with Gasteiger partial charge in [-0.2, -0.15) is 0 Å². The molecule has 0 aliphatic rings. The van der Waals surface area contributed by atoms with Crippen LogP contribution in [0.3, 0.4) is 0 Å². The normalized spacial score (nSPS) is 10.1. The highest BCUT2D eigenvalue weighted by atomic mass is 16.5. The molecule has 0 fully saturated rings. The lowest BCUT2D eigenvalue weighted by molar-refractivity contribution is -0.127. The minimum absolute atomic E-state index is 0.157. The first-order valence-corrected chi connectivity index (χ1v) is 6.07.